The number of esters is 1. The zero-order chi connectivity index (χ0) is 30.3. The summed E-state index contributed by atoms with van der Waals surface area (Å²) in [6.07, 6.45) is 4.84. The molecule has 2 saturated heterocycles. The first-order chi connectivity index (χ1) is 20.7. The van der Waals surface area contributed by atoms with E-state index in [0.717, 1.165) is 5.52 Å². The van der Waals surface area contributed by atoms with Crippen molar-refractivity contribution in [1.29, 1.82) is 0 Å². The normalized spacial score (nSPS) is 32.2. The first kappa shape index (κ1) is 29.5. The molecule has 0 unspecified atom stereocenters. The molecule has 1 aromatic heterocycles. The highest BCUT2D eigenvalue weighted by Crippen LogP contribution is 2.58. The Morgan fingerprint density at radius 2 is 1.98 bits per heavy atom. The van der Waals surface area contributed by atoms with Crippen LogP contribution in [0.3, 0.4) is 0 Å². The fraction of sp³-hybridized carbons (Fsp3) is 0.517. The van der Waals surface area contributed by atoms with Gasteiger partial charge in [0.1, 0.15) is 42.0 Å². The van der Waals surface area contributed by atoms with Crippen molar-refractivity contribution in [3.63, 3.8) is 0 Å². The number of cyclic esters (lactones) is 1. The van der Waals surface area contributed by atoms with Crippen molar-refractivity contribution in [2.75, 3.05) is 26.2 Å². The number of ether oxygens (including phenoxy) is 2. The van der Waals surface area contributed by atoms with Crippen molar-refractivity contribution in [2.45, 2.75) is 56.7 Å². The quantitative estimate of drug-likeness (QED) is 0.352. The van der Waals surface area contributed by atoms with Crippen LogP contribution in [0.25, 0.3) is 11.0 Å². The summed E-state index contributed by atoms with van der Waals surface area (Å²) in [5.41, 5.74) is -0.0247. The highest BCUT2D eigenvalue weighted by atomic mass is 79.9. The van der Waals surface area contributed by atoms with E-state index in [1.54, 1.807) is 22.6 Å². The summed E-state index contributed by atoms with van der Waals surface area (Å²) >= 11 is 3.53. The maximum Gasteiger partial charge on any atom is 0.313 e. The van der Waals surface area contributed by atoms with Crippen molar-refractivity contribution >= 4 is 50.7 Å². The molecular formula is C29H33BrN6O7. The van der Waals surface area contributed by atoms with E-state index in [0.29, 0.717) is 16.4 Å². The minimum atomic E-state index is -1.42. The molecule has 228 valence electrons. The summed E-state index contributed by atoms with van der Waals surface area (Å²) < 4.78 is 14.3. The molecule has 13 nitrogen and oxygen atoms in total. The molecule has 0 saturated carbocycles. The Hall–Kier alpha value is -3.62. The summed E-state index contributed by atoms with van der Waals surface area (Å²) in [5, 5.41) is 20.9. The number of rotatable bonds is 5. The van der Waals surface area contributed by atoms with Crippen LogP contribution >= 0.6 is 15.9 Å². The number of benzene rings is 1. The molecule has 2 N–H and O–H groups in total. The Kier molecular flexibility index (Phi) is 8.09. The lowest BCUT2D eigenvalue weighted by molar-refractivity contribution is -0.158. The molecule has 2 aromatic rings. The van der Waals surface area contributed by atoms with E-state index in [2.05, 4.69) is 31.6 Å². The summed E-state index contributed by atoms with van der Waals surface area (Å²) in [6, 6.07) is 6.28. The molecule has 6 atom stereocenters. The minimum absolute atomic E-state index is 0.0285. The zero-order valence-electron chi connectivity index (χ0n) is 23.6. The maximum atomic E-state index is 14.7. The second-order valence-electron chi connectivity index (χ2n) is 11.3. The third-order valence-corrected chi connectivity index (χ3v) is 9.14. The molecule has 6 rings (SSSR count). The van der Waals surface area contributed by atoms with Crippen LogP contribution < -0.4 is 5.32 Å². The Labute approximate surface area is 256 Å². The number of likely N-dealkylation sites (tertiary alicyclic amines) is 1. The molecule has 1 aromatic carbocycles. The number of fused-ring (bicyclic) bond motifs is 3. The number of halogens is 1. The number of nitrogens with one attached hydrogen (secondary N) is 1. The van der Waals surface area contributed by atoms with Crippen molar-refractivity contribution in [3.05, 3.63) is 47.0 Å². The van der Waals surface area contributed by atoms with Crippen molar-refractivity contribution in [1.82, 2.24) is 30.1 Å². The first-order valence-corrected chi connectivity index (χ1v) is 15.2. The number of hydrogen-bond donors (Lipinski definition) is 2. The van der Waals surface area contributed by atoms with E-state index in [4.69, 9.17) is 9.47 Å². The van der Waals surface area contributed by atoms with E-state index in [9.17, 15) is 24.3 Å². The highest BCUT2D eigenvalue weighted by molar-refractivity contribution is 9.11. The Morgan fingerprint density at radius 3 is 2.79 bits per heavy atom. The van der Waals surface area contributed by atoms with Crippen LogP contribution in [0.5, 0.6) is 0 Å². The van der Waals surface area contributed by atoms with E-state index in [1.165, 1.54) is 4.90 Å². The Morgan fingerprint density at radius 1 is 1.16 bits per heavy atom. The number of carbonyl (C=O) groups excluding carboxylic acids is 4. The minimum Gasteiger partial charge on any atom is -0.460 e. The fourth-order valence-electron chi connectivity index (χ4n) is 6.52. The standard InChI is InChI=1S/C29H33BrN6O7/c1-17-15-31-21(38)10-3-2-6-11-34(16-36-20-9-5-4-8-19(20)32-33-36)27(40)25-29-14-18(30)24(43-29)22(28(41)42-17)23(29)26(39)35(25)12-7-13-37/h2,4-6,8-9,14,17,22-25,37H,3,7,10-13,15-16H2,1H3,(H,31,38)/b6-2-/t17-,22+,23-,24+,25+,29-/m1/s1. The number of para-hydroxylation sites is 1. The van der Waals surface area contributed by atoms with Gasteiger partial charge in [0.05, 0.1) is 18.0 Å². The van der Waals surface area contributed by atoms with Gasteiger partial charge in [-0.2, -0.15) is 0 Å². The van der Waals surface area contributed by atoms with Gasteiger partial charge in [-0.05, 0) is 38.0 Å². The first-order valence-electron chi connectivity index (χ1n) is 14.4. The third kappa shape index (κ3) is 5.14. The second-order valence-corrected chi connectivity index (χ2v) is 12.2. The van der Waals surface area contributed by atoms with Gasteiger partial charge in [-0.25, -0.2) is 4.68 Å². The maximum absolute atomic E-state index is 14.7. The number of carbonyl (C=O) groups is 4. The van der Waals surface area contributed by atoms with Gasteiger partial charge in [-0.15, -0.1) is 5.10 Å². The van der Waals surface area contributed by atoms with Gasteiger partial charge in [0.15, 0.2) is 0 Å². The lowest BCUT2D eigenvalue weighted by atomic mass is 9.74. The molecule has 0 radical (unpaired) electrons. The van der Waals surface area contributed by atoms with Gasteiger partial charge in [0, 0.05) is 30.6 Å². The SMILES string of the molecule is C[C@@H]1CNC(=O)CC/C=C\CN(Cn2nnc3ccccc32)C(=O)[C@@H]2N(CCCO)C(=O)[C@H]3[C@H](C(=O)O1)[C@H]1O[C@@]23C=C1Br. The van der Waals surface area contributed by atoms with Gasteiger partial charge in [0.25, 0.3) is 5.91 Å². The van der Waals surface area contributed by atoms with Crippen LogP contribution in [-0.2, 0) is 35.3 Å². The van der Waals surface area contributed by atoms with Crippen LogP contribution in [0.2, 0.25) is 0 Å². The van der Waals surface area contributed by atoms with Gasteiger partial charge in [-0.1, -0.05) is 45.4 Å². The number of hydrogen-bond acceptors (Lipinski definition) is 9. The molecule has 4 aliphatic heterocycles. The molecule has 4 aliphatic rings. The summed E-state index contributed by atoms with van der Waals surface area (Å²) in [6.45, 7) is 1.90. The molecule has 0 aliphatic carbocycles. The molecule has 2 fully saturated rings. The number of aliphatic hydroxyl groups excluding tert-OH is 1. The Balaban J connectivity index is 1.42. The third-order valence-electron chi connectivity index (χ3n) is 8.46. The monoisotopic (exact) mass is 656 g/mol. The number of amides is 3. The lowest BCUT2D eigenvalue weighted by Gasteiger charge is -2.35. The number of allylic oxidation sites excluding steroid dienone is 1. The van der Waals surface area contributed by atoms with Crippen molar-refractivity contribution < 1.29 is 33.8 Å². The van der Waals surface area contributed by atoms with Crippen LogP contribution in [0.4, 0.5) is 0 Å². The van der Waals surface area contributed by atoms with Crippen molar-refractivity contribution in [2.24, 2.45) is 11.8 Å². The van der Waals surface area contributed by atoms with Crippen LogP contribution in [-0.4, -0.2) is 104 Å². The molecular weight excluding hydrogens is 624 g/mol. The molecule has 1 spiro atoms. The van der Waals surface area contributed by atoms with Crippen LogP contribution in [0.1, 0.15) is 26.2 Å². The van der Waals surface area contributed by atoms with Gasteiger partial charge in [0.2, 0.25) is 11.8 Å². The highest BCUT2D eigenvalue weighted by Gasteiger charge is 2.74. The molecule has 5 bridgehead atoms. The second kappa shape index (κ2) is 11.8. The smallest absolute Gasteiger partial charge is 0.313 e. The molecule has 3 amide bonds. The summed E-state index contributed by atoms with van der Waals surface area (Å²) in [5.74, 6) is -3.63. The van der Waals surface area contributed by atoms with Gasteiger partial charge in [-0.3, -0.25) is 19.2 Å². The predicted molar refractivity (Wildman–Crippen MR) is 155 cm³/mol. The average molecular weight is 658 g/mol. The Bertz CT molecular complexity index is 1510. The topological polar surface area (TPSA) is 156 Å². The number of nitrogens with zero attached hydrogens (tertiary/aromatic N) is 5. The predicted octanol–water partition coefficient (Wildman–Crippen LogP) is 0.871. The van der Waals surface area contributed by atoms with Gasteiger partial charge >= 0.3 is 5.97 Å². The largest absolute Gasteiger partial charge is 0.460 e. The number of aliphatic hydroxyl groups is 1. The van der Waals surface area contributed by atoms with E-state index >= 15 is 0 Å². The van der Waals surface area contributed by atoms with Gasteiger partial charge < -0.3 is 29.7 Å². The zero-order valence-corrected chi connectivity index (χ0v) is 25.2. The van der Waals surface area contributed by atoms with Crippen molar-refractivity contribution in [3.8, 4) is 0 Å². The molecule has 5 heterocycles. The van der Waals surface area contributed by atoms with Crippen LogP contribution in [0, 0.1) is 11.8 Å². The van der Waals surface area contributed by atoms with Crippen LogP contribution in [0.15, 0.2) is 47.0 Å². The average Bonchev–Trinajstić information content (AvgIpc) is 3.70. The fourth-order valence-corrected chi connectivity index (χ4v) is 7.26. The molecule has 43 heavy (non-hydrogen) atoms. The van der Waals surface area contributed by atoms with E-state index in [-0.39, 0.29) is 51.7 Å². The summed E-state index contributed by atoms with van der Waals surface area (Å²) in [4.78, 5) is 57.7. The summed E-state index contributed by atoms with van der Waals surface area (Å²) in [7, 11) is 0. The lowest BCUT2D eigenvalue weighted by Crippen LogP contribution is -2.56. The molecule has 14 heteroatoms. The van der Waals surface area contributed by atoms with E-state index in [1.807, 2.05) is 36.4 Å². The van der Waals surface area contributed by atoms with E-state index < -0.39 is 53.5 Å². The number of aromatic nitrogens is 3.